The monoisotopic (exact) mass is 360 g/mol. The molecule has 1 unspecified atom stereocenters. The highest BCUT2D eigenvalue weighted by atomic mass is 35.5. The van der Waals surface area contributed by atoms with Gasteiger partial charge in [0.15, 0.2) is 9.84 Å². The minimum Gasteiger partial charge on any atom is -0.338 e. The summed E-state index contributed by atoms with van der Waals surface area (Å²) >= 11 is 0. The SMILES string of the molecule is CC(CN)N(C)C(=O)c1ccc(S(=O)(=O)C2CCCC2)cc1.Cl. The van der Waals surface area contributed by atoms with E-state index in [9.17, 15) is 13.2 Å². The molecule has 0 spiro atoms. The molecule has 0 radical (unpaired) electrons. The summed E-state index contributed by atoms with van der Waals surface area (Å²) in [6, 6.07) is 6.20. The van der Waals surface area contributed by atoms with Gasteiger partial charge in [0.1, 0.15) is 0 Å². The quantitative estimate of drug-likeness (QED) is 0.873. The Morgan fingerprint density at radius 2 is 1.78 bits per heavy atom. The number of nitrogens with zero attached hydrogens (tertiary/aromatic N) is 1. The molecule has 23 heavy (non-hydrogen) atoms. The van der Waals surface area contributed by atoms with Crippen LogP contribution in [0, 0.1) is 0 Å². The summed E-state index contributed by atoms with van der Waals surface area (Å²) in [4.78, 5) is 14.2. The molecule has 7 heteroatoms. The van der Waals surface area contributed by atoms with Gasteiger partial charge >= 0.3 is 0 Å². The van der Waals surface area contributed by atoms with Crippen molar-refractivity contribution in [1.82, 2.24) is 4.90 Å². The topological polar surface area (TPSA) is 80.5 Å². The number of halogens is 1. The number of hydrogen-bond donors (Lipinski definition) is 1. The number of rotatable bonds is 5. The van der Waals surface area contributed by atoms with Crippen LogP contribution in [0.15, 0.2) is 29.2 Å². The Hall–Kier alpha value is -1.11. The first-order valence-electron chi connectivity index (χ1n) is 7.69. The van der Waals surface area contributed by atoms with Crippen molar-refractivity contribution in [3.05, 3.63) is 29.8 Å². The summed E-state index contributed by atoms with van der Waals surface area (Å²) in [5, 5.41) is -0.269. The molecule has 0 saturated heterocycles. The lowest BCUT2D eigenvalue weighted by atomic mass is 10.2. The first-order valence-corrected chi connectivity index (χ1v) is 9.23. The normalized spacial score (nSPS) is 16.7. The third kappa shape index (κ3) is 4.25. The van der Waals surface area contributed by atoms with E-state index >= 15 is 0 Å². The standard InChI is InChI=1S/C16H24N2O3S.ClH/c1-12(11-17)18(2)16(19)13-7-9-15(10-8-13)22(20,21)14-5-3-4-6-14;/h7-10,12,14H,3-6,11,17H2,1-2H3;1H. The second kappa shape index (κ2) is 8.13. The van der Waals surface area contributed by atoms with E-state index in [2.05, 4.69) is 0 Å². The zero-order valence-electron chi connectivity index (χ0n) is 13.6. The Morgan fingerprint density at radius 3 is 2.26 bits per heavy atom. The third-order valence-electron chi connectivity index (χ3n) is 4.49. The Bertz CT molecular complexity index is 625. The number of carbonyl (C=O) groups is 1. The van der Waals surface area contributed by atoms with Crippen LogP contribution in [0.5, 0.6) is 0 Å². The van der Waals surface area contributed by atoms with Crippen molar-refractivity contribution in [1.29, 1.82) is 0 Å². The summed E-state index contributed by atoms with van der Waals surface area (Å²) in [5.74, 6) is -0.150. The number of hydrogen-bond acceptors (Lipinski definition) is 4. The van der Waals surface area contributed by atoms with Gasteiger partial charge in [-0.3, -0.25) is 4.79 Å². The molecule has 0 heterocycles. The first-order chi connectivity index (χ1) is 10.4. The lowest BCUT2D eigenvalue weighted by Crippen LogP contribution is -2.39. The molecule has 1 fully saturated rings. The molecule has 0 aliphatic heterocycles. The summed E-state index contributed by atoms with van der Waals surface area (Å²) in [6.07, 6.45) is 3.42. The van der Waals surface area contributed by atoms with Gasteiger partial charge in [0.25, 0.3) is 5.91 Å². The second-order valence-electron chi connectivity index (χ2n) is 5.98. The van der Waals surface area contributed by atoms with Crippen LogP contribution >= 0.6 is 12.4 Å². The minimum atomic E-state index is -3.27. The van der Waals surface area contributed by atoms with Gasteiger partial charge in [-0.25, -0.2) is 8.42 Å². The predicted octanol–water partition coefficient (Wildman–Crippen LogP) is 2.24. The number of benzene rings is 1. The fourth-order valence-corrected chi connectivity index (χ4v) is 4.59. The number of sulfone groups is 1. The van der Waals surface area contributed by atoms with Gasteiger partial charge in [0.05, 0.1) is 10.1 Å². The Labute approximate surface area is 144 Å². The highest BCUT2D eigenvalue weighted by Crippen LogP contribution is 2.29. The second-order valence-corrected chi connectivity index (χ2v) is 8.20. The van der Waals surface area contributed by atoms with Crippen molar-refractivity contribution in [2.45, 2.75) is 48.8 Å². The maximum Gasteiger partial charge on any atom is 0.253 e. The summed E-state index contributed by atoms with van der Waals surface area (Å²) < 4.78 is 25.0. The van der Waals surface area contributed by atoms with Gasteiger partial charge in [-0.05, 0) is 44.0 Å². The maximum atomic E-state index is 12.5. The summed E-state index contributed by atoms with van der Waals surface area (Å²) in [6.45, 7) is 2.26. The van der Waals surface area contributed by atoms with Gasteiger partial charge in [0, 0.05) is 25.2 Å². The van der Waals surface area contributed by atoms with E-state index in [1.165, 1.54) is 0 Å². The van der Waals surface area contributed by atoms with Crippen LogP contribution in [0.1, 0.15) is 43.0 Å². The van der Waals surface area contributed by atoms with E-state index in [0.29, 0.717) is 17.0 Å². The highest BCUT2D eigenvalue weighted by Gasteiger charge is 2.30. The van der Waals surface area contributed by atoms with Crippen LogP contribution in [0.4, 0.5) is 0 Å². The smallest absolute Gasteiger partial charge is 0.253 e. The molecule has 1 amide bonds. The highest BCUT2D eigenvalue weighted by molar-refractivity contribution is 7.92. The molecule has 1 aliphatic rings. The maximum absolute atomic E-state index is 12.5. The van der Waals surface area contributed by atoms with E-state index in [1.54, 1.807) is 36.2 Å². The van der Waals surface area contributed by atoms with E-state index in [4.69, 9.17) is 5.73 Å². The molecular formula is C16H25ClN2O3S. The molecule has 0 bridgehead atoms. The van der Waals surface area contributed by atoms with Crippen molar-refractivity contribution in [2.24, 2.45) is 5.73 Å². The van der Waals surface area contributed by atoms with Gasteiger partial charge < -0.3 is 10.6 Å². The lowest BCUT2D eigenvalue weighted by molar-refractivity contribution is 0.0748. The largest absolute Gasteiger partial charge is 0.338 e. The van der Waals surface area contributed by atoms with Crippen LogP contribution in [0.3, 0.4) is 0 Å². The lowest BCUT2D eigenvalue weighted by Gasteiger charge is -2.23. The average Bonchev–Trinajstić information content (AvgIpc) is 3.08. The third-order valence-corrected chi connectivity index (χ3v) is 6.77. The van der Waals surface area contributed by atoms with E-state index in [0.717, 1.165) is 25.7 Å². The number of amides is 1. The fraction of sp³-hybridized carbons (Fsp3) is 0.562. The molecule has 1 aromatic carbocycles. The van der Waals surface area contributed by atoms with Gasteiger partial charge in [-0.1, -0.05) is 12.8 Å². The predicted molar refractivity (Wildman–Crippen MR) is 93.7 cm³/mol. The van der Waals surface area contributed by atoms with Crippen LogP contribution in [-0.2, 0) is 9.84 Å². The van der Waals surface area contributed by atoms with Crippen molar-refractivity contribution in [3.8, 4) is 0 Å². The van der Waals surface area contributed by atoms with Crippen LogP contribution < -0.4 is 5.73 Å². The average molecular weight is 361 g/mol. The molecule has 1 aliphatic carbocycles. The van der Waals surface area contributed by atoms with Gasteiger partial charge in [-0.15, -0.1) is 12.4 Å². The van der Waals surface area contributed by atoms with Crippen molar-refractivity contribution in [2.75, 3.05) is 13.6 Å². The summed E-state index contributed by atoms with van der Waals surface area (Å²) in [7, 11) is -1.57. The molecule has 1 saturated carbocycles. The minimum absolute atomic E-state index is 0. The molecule has 1 atom stereocenters. The van der Waals surface area contributed by atoms with E-state index in [-0.39, 0.29) is 29.6 Å². The van der Waals surface area contributed by atoms with Crippen molar-refractivity contribution in [3.63, 3.8) is 0 Å². The fourth-order valence-electron chi connectivity index (χ4n) is 2.74. The molecule has 130 valence electrons. The molecule has 2 rings (SSSR count). The number of carbonyl (C=O) groups excluding carboxylic acids is 1. The molecule has 2 N–H and O–H groups in total. The molecular weight excluding hydrogens is 336 g/mol. The van der Waals surface area contributed by atoms with Gasteiger partial charge in [-0.2, -0.15) is 0 Å². The van der Waals surface area contributed by atoms with Crippen LogP contribution in [0.2, 0.25) is 0 Å². The Balaban J connectivity index is 0.00000264. The molecule has 0 aromatic heterocycles. The summed E-state index contributed by atoms with van der Waals surface area (Å²) in [5.41, 5.74) is 6.05. The zero-order valence-corrected chi connectivity index (χ0v) is 15.2. The van der Waals surface area contributed by atoms with Crippen LogP contribution in [-0.4, -0.2) is 44.1 Å². The van der Waals surface area contributed by atoms with Crippen LogP contribution in [0.25, 0.3) is 0 Å². The number of nitrogens with two attached hydrogens (primary N) is 1. The zero-order chi connectivity index (χ0) is 16.3. The molecule has 1 aromatic rings. The van der Waals surface area contributed by atoms with Crippen molar-refractivity contribution < 1.29 is 13.2 Å². The van der Waals surface area contributed by atoms with Gasteiger partial charge in [0.2, 0.25) is 0 Å². The number of likely N-dealkylation sites (N-methyl/N-ethyl adjacent to an activating group) is 1. The Morgan fingerprint density at radius 1 is 1.26 bits per heavy atom. The van der Waals surface area contributed by atoms with E-state index in [1.807, 2.05) is 6.92 Å². The van der Waals surface area contributed by atoms with Crippen molar-refractivity contribution >= 4 is 28.2 Å². The van der Waals surface area contributed by atoms with E-state index < -0.39 is 9.84 Å². The molecule has 5 nitrogen and oxygen atoms in total. The Kier molecular flexibility index (Phi) is 7.04. The first kappa shape index (κ1) is 19.9.